The minimum atomic E-state index is -0.703. The van der Waals surface area contributed by atoms with Crippen molar-refractivity contribution < 1.29 is 23.9 Å². The summed E-state index contributed by atoms with van der Waals surface area (Å²) in [7, 11) is 0. The summed E-state index contributed by atoms with van der Waals surface area (Å²) in [5.74, 6) is -2.17. The number of carbonyl (C=O) groups is 4. The number of hydrogen-bond donors (Lipinski definition) is 2. The number of benzene rings is 3. The van der Waals surface area contributed by atoms with Crippen LogP contribution in [0.25, 0.3) is 0 Å². The van der Waals surface area contributed by atoms with Gasteiger partial charge in [0, 0.05) is 16.9 Å². The highest BCUT2D eigenvalue weighted by atomic mass is 35.5. The first kappa shape index (κ1) is 26.6. The number of amides is 3. The normalized spacial score (nSPS) is 13.1. The van der Waals surface area contributed by atoms with Crippen LogP contribution < -0.4 is 15.5 Å². The van der Waals surface area contributed by atoms with E-state index in [9.17, 15) is 19.2 Å². The van der Waals surface area contributed by atoms with Crippen LogP contribution in [0.5, 0.6) is 0 Å². The largest absolute Gasteiger partial charge is 0.462 e. The molecule has 38 heavy (non-hydrogen) atoms. The van der Waals surface area contributed by atoms with E-state index < -0.39 is 17.8 Å². The molecule has 194 valence electrons. The number of hydrogen-bond acceptors (Lipinski definition) is 6. The first-order valence-corrected chi connectivity index (χ1v) is 12.5. The number of nitrogens with one attached hydrogen (secondary N) is 2. The van der Waals surface area contributed by atoms with Gasteiger partial charge in [-0.2, -0.15) is 0 Å². The van der Waals surface area contributed by atoms with Gasteiger partial charge in [0.1, 0.15) is 10.7 Å². The van der Waals surface area contributed by atoms with Gasteiger partial charge in [-0.3, -0.25) is 14.4 Å². The smallest absolute Gasteiger partial charge is 0.338 e. The van der Waals surface area contributed by atoms with Gasteiger partial charge in [-0.1, -0.05) is 49.2 Å². The molecule has 0 radical (unpaired) electrons. The number of ether oxygens (including phenoxy) is 1. The molecule has 4 rings (SSSR count). The zero-order chi connectivity index (χ0) is 27.2. The molecule has 1 heterocycles. The molecule has 2 N–H and O–H groups in total. The van der Waals surface area contributed by atoms with Gasteiger partial charge in [0.25, 0.3) is 17.7 Å². The van der Waals surface area contributed by atoms with Gasteiger partial charge in [0.05, 0.1) is 17.9 Å². The van der Waals surface area contributed by atoms with Crippen LogP contribution in [0.2, 0.25) is 0 Å². The van der Waals surface area contributed by atoms with Crippen LogP contribution in [0.4, 0.5) is 17.1 Å². The van der Waals surface area contributed by atoms with Gasteiger partial charge in [0.2, 0.25) is 0 Å². The molecule has 8 nitrogen and oxygen atoms in total. The second-order valence-electron chi connectivity index (χ2n) is 8.65. The number of esters is 1. The topological polar surface area (TPSA) is 105 Å². The van der Waals surface area contributed by atoms with E-state index in [0.717, 1.165) is 23.3 Å². The lowest BCUT2D eigenvalue weighted by Crippen LogP contribution is -2.32. The number of rotatable bonds is 9. The average molecular weight is 532 g/mol. The minimum Gasteiger partial charge on any atom is -0.462 e. The lowest BCUT2D eigenvalue weighted by Gasteiger charge is -2.16. The number of halogens is 1. The Labute approximate surface area is 225 Å². The van der Waals surface area contributed by atoms with Gasteiger partial charge in [-0.25, -0.2) is 9.69 Å². The van der Waals surface area contributed by atoms with Crippen molar-refractivity contribution in [3.05, 3.63) is 100 Å². The van der Waals surface area contributed by atoms with Crippen LogP contribution in [0.15, 0.2) is 83.5 Å². The molecular formula is C29H26ClN3O5. The first-order chi connectivity index (χ1) is 18.3. The predicted octanol–water partition coefficient (Wildman–Crippen LogP) is 5.64. The number of carbonyl (C=O) groups excluding carboxylic acids is 4. The Morgan fingerprint density at radius 3 is 2.37 bits per heavy atom. The Hall–Kier alpha value is -4.43. The van der Waals surface area contributed by atoms with Crippen LogP contribution in [-0.2, 0) is 14.3 Å². The van der Waals surface area contributed by atoms with Crippen LogP contribution in [0.3, 0.4) is 0 Å². The number of para-hydroxylation sites is 1. The Morgan fingerprint density at radius 1 is 0.921 bits per heavy atom. The zero-order valence-electron chi connectivity index (χ0n) is 20.9. The maximum absolute atomic E-state index is 13.2. The third kappa shape index (κ3) is 5.76. The van der Waals surface area contributed by atoms with Gasteiger partial charge >= 0.3 is 5.97 Å². The fraction of sp³-hybridized carbons (Fsp3) is 0.172. The van der Waals surface area contributed by atoms with Crippen molar-refractivity contribution in [3.8, 4) is 0 Å². The summed E-state index contributed by atoms with van der Waals surface area (Å²) >= 11 is 6.25. The van der Waals surface area contributed by atoms with Gasteiger partial charge in [-0.15, -0.1) is 0 Å². The first-order valence-electron chi connectivity index (χ1n) is 12.1. The maximum atomic E-state index is 13.2. The molecule has 0 saturated heterocycles. The second kappa shape index (κ2) is 11.7. The SMILES string of the molecule is CCCCOC(=O)c1ccc(N2C(=O)C(Cl)=C(Nc3cccc(C(=O)Nc4ccccc4C)c3)C2=O)cc1. The predicted molar refractivity (Wildman–Crippen MR) is 146 cm³/mol. The highest BCUT2D eigenvalue weighted by molar-refractivity contribution is 6.53. The summed E-state index contributed by atoms with van der Waals surface area (Å²) in [6.07, 6.45) is 1.67. The number of anilines is 3. The van der Waals surface area contributed by atoms with E-state index in [1.54, 1.807) is 30.3 Å². The summed E-state index contributed by atoms with van der Waals surface area (Å²) in [6, 6.07) is 19.8. The van der Waals surface area contributed by atoms with Crippen molar-refractivity contribution in [1.82, 2.24) is 0 Å². The standard InChI is InChI=1S/C29H26ClN3O5/c1-3-4-16-38-29(37)19-12-14-22(15-13-19)33-27(35)24(30)25(28(33)36)31-21-10-7-9-20(17-21)26(34)32-23-11-6-5-8-18(23)2/h5-15,17,31H,3-4,16H2,1-2H3,(H,32,34). The van der Waals surface area contributed by atoms with Crippen molar-refractivity contribution in [1.29, 1.82) is 0 Å². The van der Waals surface area contributed by atoms with Crippen LogP contribution in [-0.4, -0.2) is 30.3 Å². The fourth-order valence-electron chi connectivity index (χ4n) is 3.78. The van der Waals surface area contributed by atoms with Crippen molar-refractivity contribution >= 4 is 52.4 Å². The molecule has 9 heteroatoms. The van der Waals surface area contributed by atoms with E-state index in [0.29, 0.717) is 29.1 Å². The molecule has 0 spiro atoms. The lowest BCUT2D eigenvalue weighted by atomic mass is 10.1. The third-order valence-corrected chi connectivity index (χ3v) is 6.26. The molecule has 0 aliphatic carbocycles. The number of imide groups is 1. The van der Waals surface area contributed by atoms with Crippen molar-refractivity contribution in [2.75, 3.05) is 22.1 Å². The molecule has 3 aromatic rings. The quantitative estimate of drug-likeness (QED) is 0.210. The van der Waals surface area contributed by atoms with Crippen molar-refractivity contribution in [3.63, 3.8) is 0 Å². The third-order valence-electron chi connectivity index (χ3n) is 5.91. The molecule has 3 amide bonds. The fourth-order valence-corrected chi connectivity index (χ4v) is 3.99. The monoisotopic (exact) mass is 531 g/mol. The summed E-state index contributed by atoms with van der Waals surface area (Å²) in [5.41, 5.74) is 2.82. The van der Waals surface area contributed by atoms with Crippen LogP contribution in [0.1, 0.15) is 46.0 Å². The van der Waals surface area contributed by atoms with E-state index in [-0.39, 0.29) is 22.3 Å². The van der Waals surface area contributed by atoms with Crippen molar-refractivity contribution in [2.24, 2.45) is 0 Å². The van der Waals surface area contributed by atoms with E-state index >= 15 is 0 Å². The average Bonchev–Trinajstić information content (AvgIpc) is 3.13. The maximum Gasteiger partial charge on any atom is 0.338 e. The molecule has 1 aliphatic heterocycles. The molecule has 0 aromatic heterocycles. The summed E-state index contributed by atoms with van der Waals surface area (Å²) in [6.45, 7) is 4.21. The Morgan fingerprint density at radius 2 is 1.66 bits per heavy atom. The van der Waals surface area contributed by atoms with Gasteiger partial charge < -0.3 is 15.4 Å². The van der Waals surface area contributed by atoms with Crippen LogP contribution in [0, 0.1) is 6.92 Å². The molecule has 0 bridgehead atoms. The van der Waals surface area contributed by atoms with Gasteiger partial charge in [-0.05, 0) is 67.4 Å². The second-order valence-corrected chi connectivity index (χ2v) is 9.02. The molecule has 0 atom stereocenters. The molecule has 0 saturated carbocycles. The molecule has 0 unspecified atom stereocenters. The zero-order valence-corrected chi connectivity index (χ0v) is 21.7. The number of aryl methyl sites for hydroxylation is 1. The Balaban J connectivity index is 1.47. The Bertz CT molecular complexity index is 1430. The highest BCUT2D eigenvalue weighted by Gasteiger charge is 2.39. The summed E-state index contributed by atoms with van der Waals surface area (Å²) < 4.78 is 5.19. The highest BCUT2D eigenvalue weighted by Crippen LogP contribution is 2.30. The van der Waals surface area contributed by atoms with E-state index in [2.05, 4.69) is 10.6 Å². The van der Waals surface area contributed by atoms with Crippen LogP contribution >= 0.6 is 11.6 Å². The number of unbranched alkanes of at least 4 members (excludes halogenated alkanes) is 1. The van der Waals surface area contributed by atoms with E-state index in [4.69, 9.17) is 16.3 Å². The van der Waals surface area contributed by atoms with E-state index in [1.165, 1.54) is 24.3 Å². The minimum absolute atomic E-state index is 0.115. The van der Waals surface area contributed by atoms with E-state index in [1.807, 2.05) is 32.0 Å². The molecule has 1 aliphatic rings. The van der Waals surface area contributed by atoms with Crippen molar-refractivity contribution in [2.45, 2.75) is 26.7 Å². The summed E-state index contributed by atoms with van der Waals surface area (Å²) in [4.78, 5) is 51.8. The molecular weight excluding hydrogens is 506 g/mol. The molecule has 3 aromatic carbocycles. The van der Waals surface area contributed by atoms with Gasteiger partial charge in [0.15, 0.2) is 0 Å². The summed E-state index contributed by atoms with van der Waals surface area (Å²) in [5, 5.41) is 5.46. The lowest BCUT2D eigenvalue weighted by molar-refractivity contribution is -0.120. The Kier molecular flexibility index (Phi) is 8.23. The number of nitrogens with zero attached hydrogens (tertiary/aromatic N) is 1. The molecule has 0 fully saturated rings.